The van der Waals surface area contributed by atoms with E-state index in [0.717, 1.165) is 43.3 Å². The fraction of sp³-hybridized carbons (Fsp3) is 0.484. The average molecular weight is 515 g/mol. The van der Waals surface area contributed by atoms with Crippen LogP contribution in [0.3, 0.4) is 0 Å². The molecule has 2 fully saturated rings. The van der Waals surface area contributed by atoms with Crippen LogP contribution in [0.2, 0.25) is 0 Å². The number of nitrogens with one attached hydrogen (secondary N) is 2. The first-order valence-corrected chi connectivity index (χ1v) is 14.1. The minimum Gasteiger partial charge on any atom is -0.393 e. The molecule has 3 heterocycles. The van der Waals surface area contributed by atoms with E-state index in [1.807, 2.05) is 11.0 Å². The van der Waals surface area contributed by atoms with Gasteiger partial charge in [-0.05, 0) is 55.4 Å². The largest absolute Gasteiger partial charge is 0.393 e. The normalized spacial score (nSPS) is 24.6. The molecule has 4 atom stereocenters. The first kappa shape index (κ1) is 25.0. The van der Waals surface area contributed by atoms with Crippen molar-refractivity contribution >= 4 is 22.8 Å². The molecule has 0 radical (unpaired) electrons. The second kappa shape index (κ2) is 10.1. The smallest absolute Gasteiger partial charge is 0.317 e. The molecule has 0 spiro atoms. The van der Waals surface area contributed by atoms with Crippen LogP contribution in [0.15, 0.2) is 48.5 Å². The molecule has 1 saturated carbocycles. The zero-order chi connectivity index (χ0) is 26.4. The number of nitrogens with zero attached hydrogens (tertiary/aromatic N) is 2. The Kier molecular flexibility index (Phi) is 6.64. The number of piperidine rings is 1. The summed E-state index contributed by atoms with van der Waals surface area (Å²) in [4.78, 5) is 34.5. The minimum atomic E-state index is -0.841. The van der Waals surface area contributed by atoms with E-state index in [4.69, 9.17) is 0 Å². The summed E-state index contributed by atoms with van der Waals surface area (Å²) in [5.41, 5.74) is 5.77. The summed E-state index contributed by atoms with van der Waals surface area (Å²) in [5.74, 6) is -0.703. The summed E-state index contributed by atoms with van der Waals surface area (Å²) in [5, 5.41) is 15.1. The van der Waals surface area contributed by atoms with Gasteiger partial charge in [0.25, 0.3) is 0 Å². The van der Waals surface area contributed by atoms with E-state index < -0.39 is 18.1 Å². The van der Waals surface area contributed by atoms with Crippen molar-refractivity contribution in [3.8, 4) is 11.1 Å². The Balaban J connectivity index is 1.35. The number of aliphatic hydroxyl groups is 1. The van der Waals surface area contributed by atoms with Crippen molar-refractivity contribution in [1.29, 1.82) is 0 Å². The van der Waals surface area contributed by atoms with Crippen LogP contribution < -0.4 is 5.32 Å². The van der Waals surface area contributed by atoms with Crippen molar-refractivity contribution in [2.75, 3.05) is 13.6 Å². The summed E-state index contributed by atoms with van der Waals surface area (Å²) in [6.45, 7) is 2.29. The van der Waals surface area contributed by atoms with Gasteiger partial charge in [-0.15, -0.1) is 0 Å². The van der Waals surface area contributed by atoms with Crippen molar-refractivity contribution in [2.45, 2.75) is 76.1 Å². The number of aromatic amines is 1. The highest BCUT2D eigenvalue weighted by molar-refractivity contribution is 5.99. The van der Waals surface area contributed by atoms with Crippen LogP contribution in [0.25, 0.3) is 22.0 Å². The minimum absolute atomic E-state index is 0.0637. The number of hydrogen-bond donors (Lipinski definition) is 3. The maximum atomic E-state index is 13.8. The predicted molar refractivity (Wildman–Crippen MR) is 149 cm³/mol. The first-order chi connectivity index (χ1) is 18.4. The number of rotatable bonds is 4. The molecule has 38 heavy (non-hydrogen) atoms. The number of carbonyl (C=O) groups excluding carboxylic acids is 2. The van der Waals surface area contributed by atoms with Crippen LogP contribution in [0.5, 0.6) is 0 Å². The van der Waals surface area contributed by atoms with Crippen LogP contribution >= 0.6 is 0 Å². The molecule has 1 saturated heterocycles. The highest BCUT2D eigenvalue weighted by atomic mass is 16.3. The van der Waals surface area contributed by atoms with Crippen LogP contribution in [-0.2, 0) is 11.2 Å². The molecule has 3 amide bonds. The summed E-state index contributed by atoms with van der Waals surface area (Å²) in [7, 11) is 1.78. The Morgan fingerprint density at radius 3 is 2.61 bits per heavy atom. The fourth-order valence-electron chi connectivity index (χ4n) is 7.12. The Bertz CT molecular complexity index is 1330. The number of urea groups is 1. The van der Waals surface area contributed by atoms with Crippen LogP contribution in [0, 0.1) is 5.92 Å². The van der Waals surface area contributed by atoms with E-state index in [9.17, 15) is 14.7 Å². The molecule has 0 bridgehead atoms. The molecule has 2 aromatic carbocycles. The van der Waals surface area contributed by atoms with Gasteiger partial charge >= 0.3 is 6.03 Å². The standard InChI is InChI=1S/C31H38N4O3/c1-19(36)27-25(34(2)31(38)32-21-12-7-4-8-13-21)18-26-29-23(16-17-35(26)30(27)37)28-22(14-9-15-24(28)33-29)20-10-5-3-6-11-20/h3,5-6,9-11,14-15,19,21,25-27,33,36H,4,7-8,12-13,16-18H2,1-2H3,(H,32,38)/t19-,25-,26-,27-/m0/s1. The predicted octanol–water partition coefficient (Wildman–Crippen LogP) is 5.00. The van der Waals surface area contributed by atoms with Crippen LogP contribution in [-0.4, -0.2) is 63.6 Å². The number of aromatic nitrogens is 1. The second-order valence-corrected chi connectivity index (χ2v) is 11.4. The lowest BCUT2D eigenvalue weighted by atomic mass is 9.79. The molecule has 0 unspecified atom stereocenters. The lowest BCUT2D eigenvalue weighted by Crippen LogP contribution is -2.61. The number of hydrogen-bond acceptors (Lipinski definition) is 3. The molecule has 3 N–H and O–H groups in total. The monoisotopic (exact) mass is 514 g/mol. The van der Waals surface area contributed by atoms with E-state index in [1.165, 1.54) is 28.5 Å². The SMILES string of the molecule is C[C@H](O)[C@@H]1C(=O)N2CCc3c([nH]c4cccc(-c5ccccc5)c34)[C@@H]2C[C@@H]1N(C)C(=O)NC1CCCCC1. The number of carbonyl (C=O) groups is 2. The van der Waals surface area contributed by atoms with Gasteiger partial charge < -0.3 is 25.2 Å². The molecular weight excluding hydrogens is 476 g/mol. The van der Waals surface area contributed by atoms with Gasteiger partial charge in [-0.1, -0.05) is 61.7 Å². The van der Waals surface area contributed by atoms with E-state index in [0.29, 0.717) is 13.0 Å². The van der Waals surface area contributed by atoms with Gasteiger partial charge in [0.15, 0.2) is 0 Å². The molecule has 7 heteroatoms. The molecule has 1 aromatic heterocycles. The number of H-pyrrole nitrogens is 1. The van der Waals surface area contributed by atoms with Gasteiger partial charge in [0, 0.05) is 42.3 Å². The zero-order valence-corrected chi connectivity index (χ0v) is 22.3. The van der Waals surface area contributed by atoms with Crippen molar-refractivity contribution in [1.82, 2.24) is 20.1 Å². The van der Waals surface area contributed by atoms with Crippen molar-refractivity contribution < 1.29 is 14.7 Å². The van der Waals surface area contributed by atoms with Gasteiger partial charge in [-0.2, -0.15) is 0 Å². The molecule has 6 rings (SSSR count). The number of fused-ring (bicyclic) bond motifs is 5. The van der Waals surface area contributed by atoms with E-state index in [2.05, 4.69) is 52.8 Å². The second-order valence-electron chi connectivity index (χ2n) is 11.4. The Morgan fingerprint density at radius 1 is 1.11 bits per heavy atom. The number of benzene rings is 2. The first-order valence-electron chi connectivity index (χ1n) is 14.1. The van der Waals surface area contributed by atoms with E-state index >= 15 is 0 Å². The van der Waals surface area contributed by atoms with Crippen molar-refractivity contribution in [3.05, 3.63) is 59.8 Å². The molecular formula is C31H38N4O3. The van der Waals surface area contributed by atoms with Crippen LogP contribution in [0.1, 0.15) is 62.7 Å². The molecule has 3 aromatic rings. The van der Waals surface area contributed by atoms with Crippen LogP contribution in [0.4, 0.5) is 4.79 Å². The van der Waals surface area contributed by atoms with E-state index in [1.54, 1.807) is 18.9 Å². The lowest BCUT2D eigenvalue weighted by Gasteiger charge is -2.49. The highest BCUT2D eigenvalue weighted by Crippen LogP contribution is 2.45. The Labute approximate surface area is 224 Å². The van der Waals surface area contributed by atoms with E-state index in [-0.39, 0.29) is 24.0 Å². The molecule has 7 nitrogen and oxygen atoms in total. The van der Waals surface area contributed by atoms with Gasteiger partial charge in [0.2, 0.25) is 5.91 Å². The summed E-state index contributed by atoms with van der Waals surface area (Å²) < 4.78 is 0. The van der Waals surface area contributed by atoms with Crippen molar-refractivity contribution in [3.63, 3.8) is 0 Å². The topological polar surface area (TPSA) is 88.7 Å². The molecule has 3 aliphatic rings. The highest BCUT2D eigenvalue weighted by Gasteiger charge is 2.49. The molecule has 1 aliphatic carbocycles. The third-order valence-corrected chi connectivity index (χ3v) is 9.08. The number of amides is 3. The average Bonchev–Trinajstić information content (AvgIpc) is 3.32. The Morgan fingerprint density at radius 2 is 1.87 bits per heavy atom. The molecule has 200 valence electrons. The lowest BCUT2D eigenvalue weighted by molar-refractivity contribution is -0.151. The summed E-state index contributed by atoms with van der Waals surface area (Å²) in [6, 6.07) is 16.3. The third-order valence-electron chi connectivity index (χ3n) is 9.08. The third kappa shape index (κ3) is 4.27. The number of aliphatic hydroxyl groups excluding tert-OH is 1. The fourth-order valence-corrected chi connectivity index (χ4v) is 7.12. The van der Waals surface area contributed by atoms with Crippen molar-refractivity contribution in [2.24, 2.45) is 5.92 Å². The quantitative estimate of drug-likeness (QED) is 0.458. The Hall–Kier alpha value is -3.32. The van der Waals surface area contributed by atoms with Gasteiger partial charge in [-0.3, -0.25) is 4.79 Å². The summed E-state index contributed by atoms with van der Waals surface area (Å²) >= 11 is 0. The van der Waals surface area contributed by atoms with Gasteiger partial charge in [0.1, 0.15) is 0 Å². The van der Waals surface area contributed by atoms with Gasteiger partial charge in [-0.25, -0.2) is 4.79 Å². The van der Waals surface area contributed by atoms with Gasteiger partial charge in [0.05, 0.1) is 18.1 Å². The summed E-state index contributed by atoms with van der Waals surface area (Å²) in [6.07, 6.45) is 6.01. The maximum absolute atomic E-state index is 13.8. The molecule has 2 aliphatic heterocycles. The maximum Gasteiger partial charge on any atom is 0.317 e. The zero-order valence-electron chi connectivity index (χ0n) is 22.3.